The molecule has 3 aromatic rings. The molecule has 0 aliphatic carbocycles. The lowest BCUT2D eigenvalue weighted by molar-refractivity contribution is -0.383. The molecule has 10 heteroatoms. The number of nitrogens with one attached hydrogen (secondary N) is 1. The van der Waals surface area contributed by atoms with Crippen LogP contribution in [0, 0.1) is 10.1 Å². The van der Waals surface area contributed by atoms with Crippen molar-refractivity contribution in [1.82, 2.24) is 4.98 Å². The molecule has 0 spiro atoms. The number of hydrogen-bond donors (Lipinski definition) is 1. The maximum absolute atomic E-state index is 12.2. The largest absolute Gasteiger partial charge is 0.452 e. The highest BCUT2D eigenvalue weighted by Gasteiger charge is 2.22. The second-order valence-electron chi connectivity index (χ2n) is 5.63. The Morgan fingerprint density at radius 1 is 1.25 bits per heavy atom. The number of fused-ring (bicyclic) bond motifs is 1. The van der Waals surface area contributed by atoms with Crippen molar-refractivity contribution in [2.24, 2.45) is 0 Å². The van der Waals surface area contributed by atoms with Crippen LogP contribution in [0.2, 0.25) is 0 Å². The van der Waals surface area contributed by atoms with Crippen molar-refractivity contribution in [2.75, 3.05) is 11.1 Å². The molecule has 3 rings (SSSR count). The highest BCUT2D eigenvalue weighted by atomic mass is 32.2. The number of amides is 1. The molecule has 28 heavy (non-hydrogen) atoms. The third-order valence-electron chi connectivity index (χ3n) is 3.62. The Bertz CT molecular complexity index is 1000. The minimum absolute atomic E-state index is 0.0289. The first-order valence-corrected chi connectivity index (χ1v) is 9.14. The fraction of sp³-hybridized carbons (Fsp3) is 0.167. The number of benzene rings is 2. The normalized spacial score (nSPS) is 11.8. The Balaban J connectivity index is 1.53. The van der Waals surface area contributed by atoms with Gasteiger partial charge in [0, 0.05) is 6.07 Å². The number of ether oxygens (including phenoxy) is 1. The number of para-hydroxylation sites is 4. The molecular weight excluding hydrogens is 386 g/mol. The van der Waals surface area contributed by atoms with E-state index >= 15 is 0 Å². The van der Waals surface area contributed by atoms with E-state index in [4.69, 9.17) is 9.15 Å². The predicted octanol–water partition coefficient (Wildman–Crippen LogP) is 3.40. The second-order valence-corrected chi connectivity index (χ2v) is 6.56. The number of anilines is 1. The van der Waals surface area contributed by atoms with Crippen LogP contribution >= 0.6 is 11.8 Å². The van der Waals surface area contributed by atoms with Crippen molar-refractivity contribution in [3.05, 3.63) is 58.6 Å². The van der Waals surface area contributed by atoms with E-state index < -0.39 is 22.9 Å². The lowest BCUT2D eigenvalue weighted by Gasteiger charge is -2.13. The van der Waals surface area contributed by atoms with Crippen LogP contribution in [0.5, 0.6) is 0 Å². The Morgan fingerprint density at radius 3 is 2.71 bits per heavy atom. The maximum Gasteiger partial charge on any atom is 0.317 e. The molecule has 0 radical (unpaired) electrons. The van der Waals surface area contributed by atoms with Gasteiger partial charge in [-0.2, -0.15) is 0 Å². The summed E-state index contributed by atoms with van der Waals surface area (Å²) < 4.78 is 10.6. The molecule has 144 valence electrons. The lowest BCUT2D eigenvalue weighted by Crippen LogP contribution is -2.30. The van der Waals surface area contributed by atoms with Gasteiger partial charge in [-0.25, -0.2) is 4.98 Å². The highest BCUT2D eigenvalue weighted by molar-refractivity contribution is 7.99. The molecule has 0 unspecified atom stereocenters. The molecule has 1 atom stereocenters. The fourth-order valence-corrected chi connectivity index (χ4v) is 2.91. The number of hydrogen-bond acceptors (Lipinski definition) is 8. The van der Waals surface area contributed by atoms with Crippen molar-refractivity contribution in [1.29, 1.82) is 0 Å². The van der Waals surface area contributed by atoms with Crippen LogP contribution < -0.4 is 5.32 Å². The van der Waals surface area contributed by atoms with Gasteiger partial charge in [-0.3, -0.25) is 19.7 Å². The number of nitro benzene ring substituents is 1. The van der Waals surface area contributed by atoms with Crippen molar-refractivity contribution >= 4 is 46.1 Å². The smallest absolute Gasteiger partial charge is 0.317 e. The highest BCUT2D eigenvalue weighted by Crippen LogP contribution is 2.24. The number of carbonyl (C=O) groups is 2. The van der Waals surface area contributed by atoms with E-state index in [1.54, 1.807) is 18.2 Å². The van der Waals surface area contributed by atoms with Crippen molar-refractivity contribution in [3.63, 3.8) is 0 Å². The third kappa shape index (κ3) is 4.65. The summed E-state index contributed by atoms with van der Waals surface area (Å²) in [5.41, 5.74) is 1.06. The van der Waals surface area contributed by atoms with Gasteiger partial charge in [0.2, 0.25) is 0 Å². The summed E-state index contributed by atoms with van der Waals surface area (Å²) in [6.07, 6.45) is -1.13. The SMILES string of the molecule is C[C@H](OC(=O)CSc1nc2ccccc2o1)C(=O)Nc1ccccc1[N+](=O)[O-]. The monoisotopic (exact) mass is 401 g/mol. The average Bonchev–Trinajstić information content (AvgIpc) is 3.09. The summed E-state index contributed by atoms with van der Waals surface area (Å²) in [5.74, 6) is -1.41. The van der Waals surface area contributed by atoms with Crippen molar-refractivity contribution in [2.45, 2.75) is 18.3 Å². The number of esters is 1. The van der Waals surface area contributed by atoms with Crippen LogP contribution in [0.1, 0.15) is 6.92 Å². The summed E-state index contributed by atoms with van der Waals surface area (Å²) in [5, 5.41) is 13.7. The Hall–Kier alpha value is -3.40. The number of nitro groups is 1. The second kappa shape index (κ2) is 8.53. The summed E-state index contributed by atoms with van der Waals surface area (Å²) >= 11 is 1.04. The Kier molecular flexibility index (Phi) is 5.90. The van der Waals surface area contributed by atoms with Gasteiger partial charge in [0.15, 0.2) is 11.7 Å². The molecule has 0 saturated carbocycles. The zero-order valence-electron chi connectivity index (χ0n) is 14.7. The number of oxazole rings is 1. The zero-order valence-corrected chi connectivity index (χ0v) is 15.5. The topological polar surface area (TPSA) is 125 Å². The maximum atomic E-state index is 12.2. The molecule has 1 aromatic heterocycles. The first kappa shape index (κ1) is 19.4. The lowest BCUT2D eigenvalue weighted by atomic mass is 10.2. The van der Waals surface area contributed by atoms with Gasteiger partial charge in [0.25, 0.3) is 16.8 Å². The van der Waals surface area contributed by atoms with E-state index in [1.165, 1.54) is 25.1 Å². The molecule has 0 bridgehead atoms. The third-order valence-corrected chi connectivity index (χ3v) is 4.43. The molecule has 0 aliphatic rings. The van der Waals surface area contributed by atoms with Gasteiger partial charge < -0.3 is 14.5 Å². The van der Waals surface area contributed by atoms with Crippen LogP contribution in [0.3, 0.4) is 0 Å². The van der Waals surface area contributed by atoms with Gasteiger partial charge in [0.1, 0.15) is 17.0 Å². The van der Waals surface area contributed by atoms with E-state index in [9.17, 15) is 19.7 Å². The zero-order chi connectivity index (χ0) is 20.1. The van der Waals surface area contributed by atoms with E-state index in [-0.39, 0.29) is 17.1 Å². The number of aromatic nitrogens is 1. The van der Waals surface area contributed by atoms with Gasteiger partial charge in [-0.1, -0.05) is 36.0 Å². The van der Waals surface area contributed by atoms with Gasteiger partial charge in [-0.15, -0.1) is 0 Å². The Labute approximate surface area is 163 Å². The van der Waals surface area contributed by atoms with Crippen LogP contribution in [-0.2, 0) is 14.3 Å². The van der Waals surface area contributed by atoms with Crippen LogP contribution in [0.25, 0.3) is 11.1 Å². The molecule has 1 N–H and O–H groups in total. The minimum atomic E-state index is -1.13. The quantitative estimate of drug-likeness (QED) is 0.276. The van der Waals surface area contributed by atoms with Crippen LogP contribution in [-0.4, -0.2) is 33.6 Å². The number of carbonyl (C=O) groups excluding carboxylic acids is 2. The molecule has 9 nitrogen and oxygen atoms in total. The van der Waals surface area contributed by atoms with E-state index in [0.717, 1.165) is 11.8 Å². The summed E-state index contributed by atoms with van der Waals surface area (Å²) in [7, 11) is 0. The molecule has 1 amide bonds. The van der Waals surface area contributed by atoms with Crippen LogP contribution in [0.4, 0.5) is 11.4 Å². The average molecular weight is 401 g/mol. The molecular formula is C18H15N3O6S. The van der Waals surface area contributed by atoms with E-state index in [2.05, 4.69) is 10.3 Å². The van der Waals surface area contributed by atoms with E-state index in [0.29, 0.717) is 16.3 Å². The molecule has 1 heterocycles. The van der Waals surface area contributed by atoms with Gasteiger partial charge >= 0.3 is 5.97 Å². The minimum Gasteiger partial charge on any atom is -0.452 e. The van der Waals surface area contributed by atoms with Gasteiger partial charge in [-0.05, 0) is 25.1 Å². The standard InChI is InChI=1S/C18H15N3O6S/c1-11(17(23)19-12-6-2-4-8-14(12)21(24)25)26-16(22)10-28-18-20-13-7-3-5-9-15(13)27-18/h2-9,11H,10H2,1H3,(H,19,23)/t11-/m0/s1. The summed E-state index contributed by atoms with van der Waals surface area (Å²) in [4.78, 5) is 38.7. The Morgan fingerprint density at radius 2 is 1.96 bits per heavy atom. The number of rotatable bonds is 7. The van der Waals surface area contributed by atoms with Crippen molar-refractivity contribution in [3.8, 4) is 0 Å². The molecule has 0 aliphatic heterocycles. The number of thioether (sulfide) groups is 1. The van der Waals surface area contributed by atoms with Gasteiger partial charge in [0.05, 0.1) is 4.92 Å². The molecule has 2 aromatic carbocycles. The summed E-state index contributed by atoms with van der Waals surface area (Å²) in [6.45, 7) is 1.38. The number of nitrogens with zero attached hydrogens (tertiary/aromatic N) is 2. The van der Waals surface area contributed by atoms with E-state index in [1.807, 2.05) is 12.1 Å². The molecule has 0 saturated heterocycles. The predicted molar refractivity (Wildman–Crippen MR) is 102 cm³/mol. The first-order chi connectivity index (χ1) is 13.4. The van der Waals surface area contributed by atoms with Crippen LogP contribution in [0.15, 0.2) is 58.2 Å². The summed E-state index contributed by atoms with van der Waals surface area (Å²) in [6, 6.07) is 12.9. The fourth-order valence-electron chi connectivity index (χ4n) is 2.29. The first-order valence-electron chi connectivity index (χ1n) is 8.16. The van der Waals surface area contributed by atoms with Crippen molar-refractivity contribution < 1.29 is 23.7 Å². The molecule has 0 fully saturated rings.